The van der Waals surface area contributed by atoms with Crippen LogP contribution in [0.25, 0.3) is 5.69 Å². The van der Waals surface area contributed by atoms with E-state index in [1.54, 1.807) is 13.8 Å². The molecule has 0 aliphatic carbocycles. The zero-order chi connectivity index (χ0) is 16.3. The Morgan fingerprint density at radius 2 is 1.95 bits per heavy atom. The molecule has 2 aromatic rings. The number of hydrogen-bond donors (Lipinski definition) is 2. The summed E-state index contributed by atoms with van der Waals surface area (Å²) in [6.07, 6.45) is 1.32. The predicted octanol–water partition coefficient (Wildman–Crippen LogP) is 1.90. The Labute approximate surface area is 126 Å². The van der Waals surface area contributed by atoms with Gasteiger partial charge in [-0.05, 0) is 31.0 Å². The molecule has 2 unspecified atom stereocenters. The monoisotopic (exact) mass is 309 g/mol. The number of carbonyl (C=O) groups excluding carboxylic acids is 1. The van der Waals surface area contributed by atoms with Crippen molar-refractivity contribution in [1.29, 1.82) is 0 Å². The molecule has 1 amide bonds. The van der Waals surface area contributed by atoms with Crippen LogP contribution < -0.4 is 5.32 Å². The maximum atomic E-state index is 13.7. The van der Waals surface area contributed by atoms with Gasteiger partial charge in [-0.3, -0.25) is 4.79 Å². The average molecular weight is 309 g/mol. The molecule has 0 radical (unpaired) electrons. The zero-order valence-corrected chi connectivity index (χ0v) is 12.3. The van der Waals surface area contributed by atoms with Crippen LogP contribution in [-0.2, 0) is 0 Å². The minimum Gasteiger partial charge on any atom is -0.396 e. The Morgan fingerprint density at radius 3 is 2.55 bits per heavy atom. The molecule has 2 rings (SSSR count). The van der Waals surface area contributed by atoms with Gasteiger partial charge in [-0.1, -0.05) is 13.0 Å². The topological polar surface area (TPSA) is 67.2 Å². The number of amides is 1. The zero-order valence-electron chi connectivity index (χ0n) is 12.3. The molecule has 0 spiro atoms. The lowest BCUT2D eigenvalue weighted by molar-refractivity contribution is 0.0910. The number of aliphatic hydroxyl groups excluding tert-OH is 1. The maximum Gasteiger partial charge on any atom is 0.272 e. The van der Waals surface area contributed by atoms with Gasteiger partial charge in [0.15, 0.2) is 17.3 Å². The molecule has 1 aromatic heterocycles. The fourth-order valence-corrected chi connectivity index (χ4v) is 1.86. The third-order valence-electron chi connectivity index (χ3n) is 3.49. The molecule has 0 fully saturated rings. The second-order valence-corrected chi connectivity index (χ2v) is 5.14. The second-order valence-electron chi connectivity index (χ2n) is 5.14. The van der Waals surface area contributed by atoms with E-state index < -0.39 is 17.5 Å². The first kappa shape index (κ1) is 16.1. The van der Waals surface area contributed by atoms with Crippen LogP contribution in [0, 0.1) is 17.6 Å². The Morgan fingerprint density at radius 1 is 1.32 bits per heavy atom. The van der Waals surface area contributed by atoms with Gasteiger partial charge in [0.25, 0.3) is 5.91 Å². The third kappa shape index (κ3) is 3.30. The second kappa shape index (κ2) is 6.65. The van der Waals surface area contributed by atoms with Gasteiger partial charge in [0.2, 0.25) is 0 Å². The van der Waals surface area contributed by atoms with Crippen molar-refractivity contribution in [3.63, 3.8) is 0 Å². The minimum atomic E-state index is -0.766. The molecule has 22 heavy (non-hydrogen) atoms. The van der Waals surface area contributed by atoms with Crippen LogP contribution in [0.5, 0.6) is 0 Å². The first-order chi connectivity index (χ1) is 10.4. The summed E-state index contributed by atoms with van der Waals surface area (Å²) >= 11 is 0. The molecule has 0 aliphatic rings. The molecule has 0 bridgehead atoms. The van der Waals surface area contributed by atoms with Crippen LogP contribution in [0.15, 0.2) is 30.5 Å². The molecule has 0 saturated carbocycles. The van der Waals surface area contributed by atoms with E-state index in [2.05, 4.69) is 10.4 Å². The van der Waals surface area contributed by atoms with Gasteiger partial charge in [-0.2, -0.15) is 5.10 Å². The highest BCUT2D eigenvalue weighted by Crippen LogP contribution is 2.17. The first-order valence-electron chi connectivity index (χ1n) is 6.85. The molecule has 0 aliphatic heterocycles. The Balaban J connectivity index is 2.20. The van der Waals surface area contributed by atoms with Crippen LogP contribution in [0.3, 0.4) is 0 Å². The predicted molar refractivity (Wildman–Crippen MR) is 76.7 cm³/mol. The molecule has 118 valence electrons. The molecule has 1 aromatic carbocycles. The summed E-state index contributed by atoms with van der Waals surface area (Å²) in [5.41, 5.74) is -0.294. The highest BCUT2D eigenvalue weighted by Gasteiger charge is 2.18. The van der Waals surface area contributed by atoms with Crippen LogP contribution in [0.1, 0.15) is 24.3 Å². The molecule has 5 nitrogen and oxygen atoms in total. The van der Waals surface area contributed by atoms with Gasteiger partial charge < -0.3 is 10.4 Å². The lowest BCUT2D eigenvalue weighted by Gasteiger charge is -2.18. The number of para-hydroxylation sites is 1. The van der Waals surface area contributed by atoms with Gasteiger partial charge >= 0.3 is 0 Å². The number of hydrogen-bond acceptors (Lipinski definition) is 3. The van der Waals surface area contributed by atoms with Crippen molar-refractivity contribution >= 4 is 5.91 Å². The van der Waals surface area contributed by atoms with E-state index in [9.17, 15) is 13.6 Å². The number of halogens is 2. The van der Waals surface area contributed by atoms with E-state index in [-0.39, 0.29) is 29.9 Å². The summed E-state index contributed by atoms with van der Waals surface area (Å²) in [6.45, 7) is 3.49. The summed E-state index contributed by atoms with van der Waals surface area (Å²) in [5, 5.41) is 15.6. The van der Waals surface area contributed by atoms with E-state index in [0.717, 1.165) is 16.8 Å². The molecular weight excluding hydrogens is 292 g/mol. The SMILES string of the molecule is CC(CO)C(C)NC(=O)c1ccn(-c2c(F)cccc2F)n1. The van der Waals surface area contributed by atoms with Gasteiger partial charge in [0.05, 0.1) is 0 Å². The lowest BCUT2D eigenvalue weighted by Crippen LogP contribution is -2.38. The van der Waals surface area contributed by atoms with Crippen LogP contribution in [0.2, 0.25) is 0 Å². The number of rotatable bonds is 5. The molecule has 0 saturated heterocycles. The van der Waals surface area contributed by atoms with Crippen LogP contribution >= 0.6 is 0 Å². The van der Waals surface area contributed by atoms with Gasteiger partial charge in [-0.25, -0.2) is 13.5 Å². The molecule has 1 heterocycles. The van der Waals surface area contributed by atoms with Crippen molar-refractivity contribution in [1.82, 2.24) is 15.1 Å². The summed E-state index contributed by atoms with van der Waals surface area (Å²) in [6, 6.07) is 4.60. The number of nitrogens with zero attached hydrogens (tertiary/aromatic N) is 2. The summed E-state index contributed by atoms with van der Waals surface area (Å²) in [4.78, 5) is 12.0. The largest absolute Gasteiger partial charge is 0.396 e. The van der Waals surface area contributed by atoms with Crippen LogP contribution in [-0.4, -0.2) is 33.4 Å². The first-order valence-corrected chi connectivity index (χ1v) is 6.85. The Bertz CT molecular complexity index is 652. The van der Waals surface area contributed by atoms with Gasteiger partial charge in [0, 0.05) is 18.8 Å². The van der Waals surface area contributed by atoms with E-state index in [4.69, 9.17) is 5.11 Å². The normalized spacial score (nSPS) is 13.7. The fourth-order valence-electron chi connectivity index (χ4n) is 1.86. The van der Waals surface area contributed by atoms with E-state index in [0.29, 0.717) is 0 Å². The van der Waals surface area contributed by atoms with E-state index in [1.807, 2.05) is 0 Å². The standard InChI is InChI=1S/C15H17F2N3O2/c1-9(8-21)10(2)18-15(22)13-6-7-20(19-13)14-11(16)4-3-5-12(14)17/h3-7,9-10,21H,8H2,1-2H3,(H,18,22). The number of aliphatic hydroxyl groups is 1. The van der Waals surface area contributed by atoms with Crippen molar-refractivity contribution in [3.05, 3.63) is 47.8 Å². The van der Waals surface area contributed by atoms with Gasteiger partial charge in [-0.15, -0.1) is 0 Å². The van der Waals surface area contributed by atoms with Gasteiger partial charge in [0.1, 0.15) is 5.69 Å². The van der Waals surface area contributed by atoms with Crippen molar-refractivity contribution in [2.24, 2.45) is 5.92 Å². The number of benzene rings is 1. The summed E-state index contributed by atoms with van der Waals surface area (Å²) < 4.78 is 28.3. The average Bonchev–Trinajstić information content (AvgIpc) is 2.95. The summed E-state index contributed by atoms with van der Waals surface area (Å²) in [7, 11) is 0. The van der Waals surface area contributed by atoms with Crippen molar-refractivity contribution < 1.29 is 18.7 Å². The smallest absolute Gasteiger partial charge is 0.272 e. The lowest BCUT2D eigenvalue weighted by atomic mass is 10.1. The highest BCUT2D eigenvalue weighted by atomic mass is 19.1. The van der Waals surface area contributed by atoms with Crippen molar-refractivity contribution in [3.8, 4) is 5.69 Å². The minimum absolute atomic E-state index is 0.0413. The molecule has 2 atom stereocenters. The van der Waals surface area contributed by atoms with Crippen molar-refractivity contribution in [2.45, 2.75) is 19.9 Å². The number of aromatic nitrogens is 2. The number of nitrogens with one attached hydrogen (secondary N) is 1. The third-order valence-corrected chi connectivity index (χ3v) is 3.49. The van der Waals surface area contributed by atoms with E-state index >= 15 is 0 Å². The molecule has 2 N–H and O–H groups in total. The molecular formula is C15H17F2N3O2. The highest BCUT2D eigenvalue weighted by molar-refractivity contribution is 5.92. The summed E-state index contributed by atoms with van der Waals surface area (Å²) in [5.74, 6) is -2.12. The van der Waals surface area contributed by atoms with Crippen molar-refractivity contribution in [2.75, 3.05) is 6.61 Å². The van der Waals surface area contributed by atoms with Crippen LogP contribution in [0.4, 0.5) is 8.78 Å². The number of carbonyl (C=O) groups is 1. The maximum absolute atomic E-state index is 13.7. The van der Waals surface area contributed by atoms with E-state index in [1.165, 1.54) is 18.3 Å². The Kier molecular flexibility index (Phi) is 4.87. The fraction of sp³-hybridized carbons (Fsp3) is 0.333. The Hall–Kier alpha value is -2.28. The molecule has 7 heteroatoms. The quantitative estimate of drug-likeness (QED) is 0.886.